The molecule has 2 saturated heterocycles. The number of amides is 5. The third kappa shape index (κ3) is 8.80. The number of carbonyl (C=O) groups is 5. The number of halogens is 3. The Balaban J connectivity index is 0.810. The summed E-state index contributed by atoms with van der Waals surface area (Å²) in [7, 11) is -3.35. The van der Waals surface area contributed by atoms with Crippen LogP contribution in [0.4, 0.5) is 24.7 Å². The average molecular weight is 1010 g/mol. The van der Waals surface area contributed by atoms with Gasteiger partial charge >= 0.3 is 5.76 Å². The van der Waals surface area contributed by atoms with Crippen molar-refractivity contribution in [1.82, 2.24) is 39.7 Å². The highest BCUT2D eigenvalue weighted by atomic mass is 32.2. The zero-order chi connectivity index (χ0) is 50.7. The molecule has 18 nitrogen and oxygen atoms in total. The first-order valence-corrected chi connectivity index (χ1v) is 25.2. The van der Waals surface area contributed by atoms with E-state index in [2.05, 4.69) is 10.3 Å². The van der Waals surface area contributed by atoms with Gasteiger partial charge in [-0.2, -0.15) is 19.0 Å². The number of pyridine rings is 1. The van der Waals surface area contributed by atoms with E-state index < -0.39 is 57.4 Å². The van der Waals surface area contributed by atoms with Crippen LogP contribution in [0.5, 0.6) is 5.75 Å². The van der Waals surface area contributed by atoms with E-state index in [9.17, 15) is 45.6 Å². The van der Waals surface area contributed by atoms with Gasteiger partial charge in [-0.1, -0.05) is 30.3 Å². The maximum absolute atomic E-state index is 13.9. The van der Waals surface area contributed by atoms with Crippen molar-refractivity contribution >= 4 is 62.0 Å². The number of benzene rings is 3. The van der Waals surface area contributed by atoms with Gasteiger partial charge in [0.05, 0.1) is 40.0 Å². The number of rotatable bonds is 12. The predicted molar refractivity (Wildman–Crippen MR) is 256 cm³/mol. The number of imide groups is 2. The molecule has 6 aromatic rings. The maximum Gasteiger partial charge on any atom is 0.355 e. The molecule has 0 spiro atoms. The van der Waals surface area contributed by atoms with Gasteiger partial charge in [0.2, 0.25) is 17.7 Å². The number of piperidine rings is 2. The second-order valence-corrected chi connectivity index (χ2v) is 20.4. The van der Waals surface area contributed by atoms with Crippen LogP contribution in [0, 0.1) is 11.7 Å². The Morgan fingerprint density at radius 3 is 2.35 bits per heavy atom. The second-order valence-electron chi connectivity index (χ2n) is 18.7. The number of nitrogens with two attached hydrogens (primary N) is 1. The molecular weight excluding hydrogens is 958 g/mol. The van der Waals surface area contributed by atoms with Crippen LogP contribution in [0.25, 0.3) is 33.3 Å². The Labute approximate surface area is 410 Å². The summed E-state index contributed by atoms with van der Waals surface area (Å²) in [5.74, 6) is -6.45. The molecule has 1 aliphatic carbocycles. The minimum atomic E-state index is -5.09. The number of likely N-dealkylation sites (tertiary alicyclic amines) is 1. The molecule has 4 aliphatic rings. The van der Waals surface area contributed by atoms with E-state index in [1.54, 1.807) is 43.2 Å². The highest BCUT2D eigenvalue weighted by molar-refractivity contribution is 7.93. The van der Waals surface area contributed by atoms with Crippen molar-refractivity contribution in [3.05, 3.63) is 107 Å². The second kappa shape index (κ2) is 18.9. The van der Waals surface area contributed by atoms with E-state index in [1.165, 1.54) is 42.5 Å². The third-order valence-electron chi connectivity index (χ3n) is 14.4. The first kappa shape index (κ1) is 48.0. The number of fused-ring (bicyclic) bond motifs is 2. The molecule has 1 unspecified atom stereocenters. The van der Waals surface area contributed by atoms with Crippen molar-refractivity contribution in [1.29, 1.82) is 0 Å². The minimum absolute atomic E-state index is 0.0183. The Kier molecular flexibility index (Phi) is 12.6. The number of anilines is 2. The van der Waals surface area contributed by atoms with Gasteiger partial charge < -0.3 is 15.4 Å². The molecule has 3 aromatic heterocycles. The van der Waals surface area contributed by atoms with Crippen LogP contribution in [-0.2, 0) is 31.5 Å². The van der Waals surface area contributed by atoms with Gasteiger partial charge in [0.25, 0.3) is 21.8 Å². The molecule has 0 radical (unpaired) electrons. The van der Waals surface area contributed by atoms with Gasteiger partial charge in [0.1, 0.15) is 35.2 Å². The summed E-state index contributed by atoms with van der Waals surface area (Å²) in [6.45, 7) is 2.63. The van der Waals surface area contributed by atoms with Crippen LogP contribution in [0.15, 0.2) is 79.3 Å². The fraction of sp³-hybridized carbons (Fsp3) is 0.360. The maximum atomic E-state index is 13.9. The molecule has 6 heterocycles. The first-order chi connectivity index (χ1) is 34.5. The lowest BCUT2D eigenvalue weighted by molar-refractivity contribution is -0.138. The van der Waals surface area contributed by atoms with Crippen molar-refractivity contribution in [2.75, 3.05) is 23.5 Å². The van der Waals surface area contributed by atoms with Crippen LogP contribution in [0.2, 0.25) is 0 Å². The minimum Gasteiger partial charge on any atom is -0.484 e. The number of nitrogens with one attached hydrogen (secondary N) is 2. The molecule has 0 bridgehead atoms. The number of sulfonamides is 1. The molecule has 72 heavy (non-hydrogen) atoms. The number of carbonyl (C=O) groups excluding carboxylic acids is 5. The van der Waals surface area contributed by atoms with Crippen molar-refractivity contribution < 1.29 is 50.3 Å². The standard InChI is InChI=1S/C50H49F3N10O8S/c1-26(27-6-11-32(51)12-7-27)71-39-22-30(10-15-37(39)59-72(69,70)50(52)53)43-42-44(60(2)58-43)36(24-55-45(42)54)31-23-56-62(25-31)33-13-8-29(9-14-33)47(66)61-20-18-28(19-21-61)34-4-3-5-35-41(34)49(68)63(48(35)67)38-16-17-40(64)57-46(38)65/h3-7,10-12,15,22-26,28-29,33,38,50,59H,8-9,13-14,16-21H2,1-2H3,(H2,54,55)(H,57,64,65)/t26-,29?,33?,38?/m0/s1. The molecule has 2 atom stereocenters. The zero-order valence-electron chi connectivity index (χ0n) is 39.1. The Morgan fingerprint density at radius 1 is 0.903 bits per heavy atom. The van der Waals surface area contributed by atoms with Crippen LogP contribution in [0.1, 0.15) is 108 Å². The van der Waals surface area contributed by atoms with E-state index in [-0.39, 0.29) is 59.4 Å². The quantitative estimate of drug-likeness (QED) is 0.107. The summed E-state index contributed by atoms with van der Waals surface area (Å²) < 4.78 is 76.8. The number of aryl methyl sites for hydroxylation is 1. The summed E-state index contributed by atoms with van der Waals surface area (Å²) in [5.41, 5.74) is 10.9. The lowest BCUT2D eigenvalue weighted by Crippen LogP contribution is -2.54. The van der Waals surface area contributed by atoms with E-state index >= 15 is 0 Å². The van der Waals surface area contributed by atoms with Gasteiger partial charge in [0.15, 0.2) is 0 Å². The molecule has 3 fully saturated rings. The number of aromatic nitrogens is 5. The lowest BCUT2D eigenvalue weighted by atomic mass is 9.83. The van der Waals surface area contributed by atoms with Gasteiger partial charge in [0, 0.05) is 61.6 Å². The number of alkyl halides is 2. The van der Waals surface area contributed by atoms with Crippen molar-refractivity contribution in [2.24, 2.45) is 13.0 Å². The average Bonchev–Trinajstić information content (AvgIpc) is 4.07. The van der Waals surface area contributed by atoms with E-state index in [4.69, 9.17) is 20.7 Å². The lowest BCUT2D eigenvalue weighted by Gasteiger charge is -2.36. The van der Waals surface area contributed by atoms with Crippen molar-refractivity contribution in [3.63, 3.8) is 0 Å². The predicted octanol–water partition coefficient (Wildman–Crippen LogP) is 6.86. The molecule has 10 rings (SSSR count). The smallest absolute Gasteiger partial charge is 0.355 e. The van der Waals surface area contributed by atoms with E-state index in [0.717, 1.165) is 16.0 Å². The molecule has 3 aliphatic heterocycles. The molecule has 5 amide bonds. The highest BCUT2D eigenvalue weighted by Gasteiger charge is 2.46. The fourth-order valence-corrected chi connectivity index (χ4v) is 11.2. The normalized spacial score (nSPS) is 20.3. The van der Waals surface area contributed by atoms with Gasteiger partial charge in [-0.25, -0.2) is 17.8 Å². The number of hydrogen-bond acceptors (Lipinski definition) is 12. The third-order valence-corrected chi connectivity index (χ3v) is 15.3. The van der Waals surface area contributed by atoms with Crippen LogP contribution in [0.3, 0.4) is 0 Å². The summed E-state index contributed by atoms with van der Waals surface area (Å²) in [4.78, 5) is 72.9. The summed E-state index contributed by atoms with van der Waals surface area (Å²) in [6.07, 6.45) is 8.58. The summed E-state index contributed by atoms with van der Waals surface area (Å²) in [5, 5.41) is 12.2. The number of hydrogen-bond donors (Lipinski definition) is 3. The molecule has 22 heteroatoms. The number of nitrogens with zero attached hydrogens (tertiary/aromatic N) is 7. The van der Waals surface area contributed by atoms with Crippen LogP contribution < -0.4 is 20.5 Å². The monoisotopic (exact) mass is 1010 g/mol. The molecule has 4 N–H and O–H groups in total. The summed E-state index contributed by atoms with van der Waals surface area (Å²) >= 11 is 0. The van der Waals surface area contributed by atoms with Gasteiger partial charge in [-0.3, -0.25) is 48.3 Å². The van der Waals surface area contributed by atoms with Crippen LogP contribution in [-0.4, -0.2) is 97.2 Å². The highest BCUT2D eigenvalue weighted by Crippen LogP contribution is 2.43. The summed E-state index contributed by atoms with van der Waals surface area (Å²) in [6, 6.07) is 13.9. The van der Waals surface area contributed by atoms with E-state index in [0.29, 0.717) is 90.5 Å². The zero-order valence-corrected chi connectivity index (χ0v) is 39.9. The van der Waals surface area contributed by atoms with Crippen molar-refractivity contribution in [3.8, 4) is 28.1 Å². The Hall–Kier alpha value is -7.62. The Bertz CT molecular complexity index is 3290. The van der Waals surface area contributed by atoms with Gasteiger partial charge in [-0.15, -0.1) is 0 Å². The SMILES string of the molecule is C[C@H](Oc1cc(-c2nn(C)c3c(-c4cnn(C5CCC(C(=O)N6CCC(c7cccc8c7C(=O)N(C7CCC(=O)NC7=O)C8=O)CC6)CC5)c4)cnc(N)c23)ccc1NS(=O)(=O)C(F)F)c1ccc(F)cc1. The van der Waals surface area contributed by atoms with E-state index in [1.807, 2.05) is 26.6 Å². The molecule has 1 saturated carbocycles. The largest absolute Gasteiger partial charge is 0.484 e. The number of ether oxygens (including phenoxy) is 1. The molecule has 374 valence electrons. The molecule has 3 aromatic carbocycles. The Morgan fingerprint density at radius 2 is 1.64 bits per heavy atom. The molecular formula is C50H49F3N10O8S. The van der Waals surface area contributed by atoms with Crippen molar-refractivity contribution in [2.45, 2.75) is 88.2 Å². The van der Waals surface area contributed by atoms with Gasteiger partial charge in [-0.05, 0) is 99.2 Å². The van der Waals surface area contributed by atoms with Crippen LogP contribution >= 0.6 is 0 Å². The number of nitrogen functional groups attached to an aromatic ring is 1. The topological polar surface area (TPSA) is 234 Å². The first-order valence-electron chi connectivity index (χ1n) is 23.6. The fourth-order valence-electron chi connectivity index (χ4n) is 10.6.